The predicted molar refractivity (Wildman–Crippen MR) is 101 cm³/mol. The number of carbonyl (C=O) groups excluding carboxylic acids is 1. The lowest BCUT2D eigenvalue weighted by Crippen LogP contribution is -2.38. The van der Waals surface area contributed by atoms with Gasteiger partial charge in [0, 0.05) is 43.7 Å². The van der Waals surface area contributed by atoms with Crippen LogP contribution < -0.4 is 0 Å². The molecule has 136 valence electrons. The second-order valence-electron chi connectivity index (χ2n) is 7.53. The van der Waals surface area contributed by atoms with E-state index in [1.165, 1.54) is 19.4 Å². The van der Waals surface area contributed by atoms with Gasteiger partial charge in [0.25, 0.3) is 0 Å². The molecule has 1 aromatic carbocycles. The summed E-state index contributed by atoms with van der Waals surface area (Å²) in [6.07, 6.45) is 5.62. The van der Waals surface area contributed by atoms with Gasteiger partial charge in [-0.2, -0.15) is 0 Å². The molecule has 1 unspecified atom stereocenters. The number of likely N-dealkylation sites (N-methyl/N-ethyl adjacent to an activating group) is 1. The van der Waals surface area contributed by atoms with Crippen molar-refractivity contribution < 1.29 is 4.79 Å². The standard InChI is InChI=1S/C21H26N4O/c1-24-10-5-8-17(14-24)21-22-13-18-15-25(11-9-19(18)23-21)20(26)12-16-6-3-2-4-7-16/h2-4,6-7,13,17H,5,8-12,14-15H2,1H3. The number of amides is 1. The van der Waals surface area contributed by atoms with E-state index in [4.69, 9.17) is 4.98 Å². The molecule has 1 aromatic heterocycles. The number of fused-ring (bicyclic) bond motifs is 1. The van der Waals surface area contributed by atoms with Gasteiger partial charge in [0.05, 0.1) is 12.1 Å². The topological polar surface area (TPSA) is 49.3 Å². The Hall–Kier alpha value is -2.27. The Bertz CT molecular complexity index is 777. The van der Waals surface area contributed by atoms with E-state index in [1.54, 1.807) is 0 Å². The molecule has 4 rings (SSSR count). The summed E-state index contributed by atoms with van der Waals surface area (Å²) in [6.45, 7) is 3.59. The van der Waals surface area contributed by atoms with E-state index in [0.717, 1.165) is 42.2 Å². The molecule has 5 heteroatoms. The summed E-state index contributed by atoms with van der Waals surface area (Å²) in [5, 5.41) is 0. The van der Waals surface area contributed by atoms with E-state index in [-0.39, 0.29) is 5.91 Å². The van der Waals surface area contributed by atoms with Gasteiger partial charge in [-0.3, -0.25) is 4.79 Å². The zero-order valence-electron chi connectivity index (χ0n) is 15.4. The van der Waals surface area contributed by atoms with Gasteiger partial charge >= 0.3 is 0 Å². The first-order valence-corrected chi connectivity index (χ1v) is 9.54. The Kier molecular flexibility index (Phi) is 4.98. The minimum atomic E-state index is 0.180. The number of benzene rings is 1. The predicted octanol–water partition coefficient (Wildman–Crippen LogP) is 2.41. The summed E-state index contributed by atoms with van der Waals surface area (Å²) in [5.41, 5.74) is 3.30. The molecule has 0 radical (unpaired) electrons. The Labute approximate surface area is 155 Å². The van der Waals surface area contributed by atoms with Crippen molar-refractivity contribution in [1.82, 2.24) is 19.8 Å². The normalized spacial score (nSPS) is 20.7. The fourth-order valence-corrected chi connectivity index (χ4v) is 4.00. The second-order valence-corrected chi connectivity index (χ2v) is 7.53. The first-order chi connectivity index (χ1) is 12.7. The minimum absolute atomic E-state index is 0.180. The highest BCUT2D eigenvalue weighted by atomic mass is 16.2. The molecule has 0 N–H and O–H groups in total. The Morgan fingerprint density at radius 2 is 2.08 bits per heavy atom. The van der Waals surface area contributed by atoms with E-state index in [2.05, 4.69) is 16.9 Å². The van der Waals surface area contributed by atoms with E-state index in [1.807, 2.05) is 41.4 Å². The lowest BCUT2D eigenvalue weighted by molar-refractivity contribution is -0.131. The molecule has 0 saturated carbocycles. The first-order valence-electron chi connectivity index (χ1n) is 9.54. The molecule has 26 heavy (non-hydrogen) atoms. The van der Waals surface area contributed by atoms with Crippen LogP contribution in [-0.4, -0.2) is 52.4 Å². The van der Waals surface area contributed by atoms with Gasteiger partial charge in [-0.15, -0.1) is 0 Å². The van der Waals surface area contributed by atoms with Gasteiger partial charge in [0.15, 0.2) is 0 Å². The maximum Gasteiger partial charge on any atom is 0.227 e. The molecule has 1 saturated heterocycles. The van der Waals surface area contributed by atoms with Crippen molar-refractivity contribution in [2.24, 2.45) is 0 Å². The first kappa shape index (κ1) is 17.2. The summed E-state index contributed by atoms with van der Waals surface area (Å²) in [6, 6.07) is 9.95. The van der Waals surface area contributed by atoms with Gasteiger partial charge in [-0.25, -0.2) is 9.97 Å². The average Bonchev–Trinajstić information content (AvgIpc) is 2.68. The SMILES string of the molecule is CN1CCCC(c2ncc3c(n2)CCN(C(=O)Cc2ccccc2)C3)C1. The molecule has 0 bridgehead atoms. The van der Waals surface area contributed by atoms with Gasteiger partial charge < -0.3 is 9.80 Å². The number of carbonyl (C=O) groups is 1. The molecular formula is C21H26N4O. The maximum atomic E-state index is 12.6. The highest BCUT2D eigenvalue weighted by molar-refractivity contribution is 5.79. The highest BCUT2D eigenvalue weighted by Gasteiger charge is 2.25. The molecule has 5 nitrogen and oxygen atoms in total. The molecular weight excluding hydrogens is 324 g/mol. The molecule has 2 aromatic rings. The summed E-state index contributed by atoms with van der Waals surface area (Å²) < 4.78 is 0. The zero-order valence-corrected chi connectivity index (χ0v) is 15.4. The van der Waals surface area contributed by atoms with Crippen LogP contribution in [0, 0.1) is 0 Å². The Morgan fingerprint density at radius 1 is 1.23 bits per heavy atom. The third-order valence-corrected chi connectivity index (χ3v) is 5.49. The Morgan fingerprint density at radius 3 is 2.88 bits per heavy atom. The fraction of sp³-hybridized carbons (Fsp3) is 0.476. The largest absolute Gasteiger partial charge is 0.338 e. The number of nitrogens with zero attached hydrogens (tertiary/aromatic N) is 4. The summed E-state index contributed by atoms with van der Waals surface area (Å²) in [7, 11) is 2.17. The summed E-state index contributed by atoms with van der Waals surface area (Å²) in [5.74, 6) is 1.61. The molecule has 2 aliphatic heterocycles. The van der Waals surface area contributed by atoms with Crippen molar-refractivity contribution in [2.45, 2.75) is 38.1 Å². The van der Waals surface area contributed by atoms with Crippen LogP contribution >= 0.6 is 0 Å². The van der Waals surface area contributed by atoms with Crippen molar-refractivity contribution in [3.05, 3.63) is 59.2 Å². The minimum Gasteiger partial charge on any atom is -0.338 e. The van der Waals surface area contributed by atoms with Crippen LogP contribution in [-0.2, 0) is 24.2 Å². The lowest BCUT2D eigenvalue weighted by Gasteiger charge is -2.31. The number of aromatic nitrogens is 2. The third-order valence-electron chi connectivity index (χ3n) is 5.49. The van der Waals surface area contributed by atoms with Gasteiger partial charge in [-0.1, -0.05) is 30.3 Å². The van der Waals surface area contributed by atoms with Crippen LogP contribution in [0.1, 0.15) is 41.4 Å². The lowest BCUT2D eigenvalue weighted by atomic mass is 9.97. The molecule has 1 fully saturated rings. The highest BCUT2D eigenvalue weighted by Crippen LogP contribution is 2.25. The number of likely N-dealkylation sites (tertiary alicyclic amines) is 1. The van der Waals surface area contributed by atoms with E-state index in [9.17, 15) is 4.79 Å². The maximum absolute atomic E-state index is 12.6. The third kappa shape index (κ3) is 3.78. The smallest absolute Gasteiger partial charge is 0.227 e. The number of rotatable bonds is 3. The second kappa shape index (κ2) is 7.54. The molecule has 3 heterocycles. The van der Waals surface area contributed by atoms with E-state index in [0.29, 0.717) is 18.9 Å². The van der Waals surface area contributed by atoms with Gasteiger partial charge in [0.2, 0.25) is 5.91 Å². The Balaban J connectivity index is 1.43. The fourth-order valence-electron chi connectivity index (χ4n) is 4.00. The van der Waals surface area contributed by atoms with Gasteiger partial charge in [-0.05, 0) is 32.0 Å². The van der Waals surface area contributed by atoms with Gasteiger partial charge in [0.1, 0.15) is 5.82 Å². The summed E-state index contributed by atoms with van der Waals surface area (Å²) >= 11 is 0. The molecule has 0 spiro atoms. The number of hydrogen-bond acceptors (Lipinski definition) is 4. The number of piperidine rings is 1. The van der Waals surface area contributed by atoms with Crippen molar-refractivity contribution in [2.75, 3.05) is 26.7 Å². The van der Waals surface area contributed by atoms with Crippen LogP contribution in [0.4, 0.5) is 0 Å². The van der Waals surface area contributed by atoms with Crippen molar-refractivity contribution in [3.8, 4) is 0 Å². The summed E-state index contributed by atoms with van der Waals surface area (Å²) in [4.78, 5) is 26.4. The van der Waals surface area contributed by atoms with Crippen molar-refractivity contribution in [1.29, 1.82) is 0 Å². The van der Waals surface area contributed by atoms with E-state index >= 15 is 0 Å². The molecule has 0 aliphatic carbocycles. The molecule has 1 atom stereocenters. The van der Waals surface area contributed by atoms with E-state index < -0.39 is 0 Å². The zero-order chi connectivity index (χ0) is 17.9. The van der Waals surface area contributed by atoms with Crippen LogP contribution in [0.3, 0.4) is 0 Å². The average molecular weight is 350 g/mol. The van der Waals surface area contributed by atoms with Crippen molar-refractivity contribution in [3.63, 3.8) is 0 Å². The van der Waals surface area contributed by atoms with Crippen molar-refractivity contribution >= 4 is 5.91 Å². The van der Waals surface area contributed by atoms with Crippen LogP contribution in [0.2, 0.25) is 0 Å². The molecule has 2 aliphatic rings. The van der Waals surface area contributed by atoms with Crippen LogP contribution in [0.25, 0.3) is 0 Å². The quantitative estimate of drug-likeness (QED) is 0.853. The van der Waals surface area contributed by atoms with Crippen LogP contribution in [0.15, 0.2) is 36.5 Å². The molecule has 1 amide bonds. The van der Waals surface area contributed by atoms with Crippen LogP contribution in [0.5, 0.6) is 0 Å². The monoisotopic (exact) mass is 350 g/mol. The number of hydrogen-bond donors (Lipinski definition) is 0.